The van der Waals surface area contributed by atoms with Crippen LogP contribution in [-0.4, -0.2) is 58.0 Å². The van der Waals surface area contributed by atoms with E-state index in [2.05, 4.69) is 15.4 Å². The summed E-state index contributed by atoms with van der Waals surface area (Å²) in [7, 11) is 0. The number of nitrogens with one attached hydrogen (secondary N) is 1. The summed E-state index contributed by atoms with van der Waals surface area (Å²) in [6.07, 6.45) is 1.47. The molecule has 186 valence electrons. The summed E-state index contributed by atoms with van der Waals surface area (Å²) in [5.74, 6) is -2.31. The lowest BCUT2D eigenvalue weighted by molar-refractivity contribution is 0.0256. The van der Waals surface area contributed by atoms with Gasteiger partial charge in [0.25, 0.3) is 0 Å². The van der Waals surface area contributed by atoms with E-state index in [1.165, 1.54) is 34.3 Å². The van der Waals surface area contributed by atoms with Crippen molar-refractivity contribution in [3.63, 3.8) is 0 Å². The summed E-state index contributed by atoms with van der Waals surface area (Å²) in [5.41, 5.74) is -0.419. The summed E-state index contributed by atoms with van der Waals surface area (Å²) >= 11 is 0. The molecule has 2 aliphatic rings. The Bertz CT molecular complexity index is 1140. The molecule has 0 aliphatic carbocycles. The van der Waals surface area contributed by atoms with Gasteiger partial charge in [0.1, 0.15) is 29.2 Å². The van der Waals surface area contributed by atoms with Gasteiger partial charge in [0.15, 0.2) is 11.6 Å². The van der Waals surface area contributed by atoms with Crippen molar-refractivity contribution in [2.45, 2.75) is 44.9 Å². The topological polar surface area (TPSA) is 96.4 Å². The number of urea groups is 1. The van der Waals surface area contributed by atoms with Gasteiger partial charge in [0.2, 0.25) is 0 Å². The van der Waals surface area contributed by atoms with Crippen LogP contribution in [0.5, 0.6) is 5.75 Å². The largest absolute Gasteiger partial charge is 0.483 e. The summed E-state index contributed by atoms with van der Waals surface area (Å²) in [5, 5.41) is 7.63. The molecule has 0 bridgehead atoms. The lowest BCUT2D eigenvalue weighted by Crippen LogP contribution is -2.58. The molecule has 1 saturated heterocycles. The van der Waals surface area contributed by atoms with Crippen molar-refractivity contribution in [3.8, 4) is 5.75 Å². The maximum Gasteiger partial charge on any atom is 0.413 e. The van der Waals surface area contributed by atoms with Crippen LogP contribution >= 0.6 is 0 Å². The number of benzene rings is 1. The predicted octanol–water partition coefficient (Wildman–Crippen LogP) is 4.46. The van der Waals surface area contributed by atoms with Crippen molar-refractivity contribution >= 4 is 24.2 Å². The number of amides is 3. The van der Waals surface area contributed by atoms with Crippen LogP contribution in [0, 0.1) is 17.5 Å². The molecule has 0 radical (unpaired) electrons. The first-order valence-electron chi connectivity index (χ1n) is 10.9. The highest BCUT2D eigenvalue weighted by atomic mass is 19.1. The van der Waals surface area contributed by atoms with Gasteiger partial charge in [-0.1, -0.05) is 0 Å². The standard InChI is InChI=1S/C23H24F3N5O4/c1-23(2,3)35-21(32)29-20-9-19(17(26)10-27-20)34-16-11-30(12-16)22(33)31-18(4-5-28-31)13-6-14(24)8-15(25)7-13/h5-10,16,18H,4,11-12H2,1-3H3,(H,27,29,32)/t18-/m0/s1. The van der Waals surface area contributed by atoms with E-state index in [4.69, 9.17) is 9.47 Å². The molecule has 35 heavy (non-hydrogen) atoms. The highest BCUT2D eigenvalue weighted by molar-refractivity contribution is 5.83. The lowest BCUT2D eigenvalue weighted by atomic mass is 10.0. The molecule has 1 fully saturated rings. The van der Waals surface area contributed by atoms with Crippen LogP contribution in [0.15, 0.2) is 35.6 Å². The Hall–Kier alpha value is -3.83. The summed E-state index contributed by atoms with van der Waals surface area (Å²) in [4.78, 5) is 30.0. The average Bonchev–Trinajstić information content (AvgIpc) is 3.20. The fourth-order valence-electron chi connectivity index (χ4n) is 3.62. The van der Waals surface area contributed by atoms with Gasteiger partial charge in [-0.2, -0.15) is 5.10 Å². The molecular formula is C23H24F3N5O4. The fourth-order valence-corrected chi connectivity index (χ4v) is 3.62. The van der Waals surface area contributed by atoms with E-state index in [-0.39, 0.29) is 24.7 Å². The van der Waals surface area contributed by atoms with Gasteiger partial charge in [0, 0.05) is 24.8 Å². The molecule has 2 aromatic rings. The Labute approximate surface area is 199 Å². The SMILES string of the molecule is CC(C)(C)OC(=O)Nc1cc(OC2CN(C(=O)N3N=CC[C@H]3c3cc(F)cc(F)c3)C2)c(F)cn1. The predicted molar refractivity (Wildman–Crippen MR) is 119 cm³/mol. The molecular weight excluding hydrogens is 467 g/mol. The van der Waals surface area contributed by atoms with Gasteiger partial charge >= 0.3 is 12.1 Å². The molecule has 3 amide bonds. The molecule has 1 aromatic heterocycles. The normalized spacial score (nSPS) is 17.8. The van der Waals surface area contributed by atoms with Crippen LogP contribution in [0.1, 0.15) is 38.8 Å². The van der Waals surface area contributed by atoms with E-state index >= 15 is 0 Å². The van der Waals surface area contributed by atoms with E-state index in [0.29, 0.717) is 12.0 Å². The van der Waals surface area contributed by atoms with E-state index in [9.17, 15) is 22.8 Å². The average molecular weight is 491 g/mol. The molecule has 0 spiro atoms. The number of hydrogen-bond donors (Lipinski definition) is 1. The second-order valence-corrected chi connectivity index (χ2v) is 9.15. The quantitative estimate of drug-likeness (QED) is 0.681. The first-order chi connectivity index (χ1) is 16.5. The van der Waals surface area contributed by atoms with E-state index in [1.54, 1.807) is 20.8 Å². The molecule has 0 saturated carbocycles. The summed E-state index contributed by atoms with van der Waals surface area (Å²) < 4.78 is 52.2. The summed E-state index contributed by atoms with van der Waals surface area (Å²) in [6.45, 7) is 5.40. The Morgan fingerprint density at radius 3 is 2.43 bits per heavy atom. The number of hydrazone groups is 1. The van der Waals surface area contributed by atoms with Crippen LogP contribution in [0.2, 0.25) is 0 Å². The molecule has 3 heterocycles. The van der Waals surface area contributed by atoms with E-state index in [1.807, 2.05) is 0 Å². The zero-order valence-electron chi connectivity index (χ0n) is 19.3. The van der Waals surface area contributed by atoms with Crippen molar-refractivity contribution in [2.24, 2.45) is 5.10 Å². The van der Waals surface area contributed by atoms with Gasteiger partial charge in [0.05, 0.1) is 25.3 Å². The first-order valence-corrected chi connectivity index (χ1v) is 10.9. The number of ether oxygens (including phenoxy) is 2. The molecule has 2 aliphatic heterocycles. The summed E-state index contributed by atoms with van der Waals surface area (Å²) in [6, 6.07) is 3.22. The van der Waals surface area contributed by atoms with Gasteiger partial charge in [-0.05, 0) is 38.5 Å². The zero-order chi connectivity index (χ0) is 25.3. The Kier molecular flexibility index (Phi) is 6.55. The van der Waals surface area contributed by atoms with Crippen molar-refractivity contribution in [1.82, 2.24) is 14.9 Å². The third kappa shape index (κ3) is 5.81. The second-order valence-electron chi connectivity index (χ2n) is 9.15. The number of hydrogen-bond acceptors (Lipinski definition) is 6. The third-order valence-electron chi connectivity index (χ3n) is 5.16. The maximum atomic E-state index is 14.2. The van der Waals surface area contributed by atoms with Crippen LogP contribution in [0.25, 0.3) is 0 Å². The Morgan fingerprint density at radius 1 is 1.09 bits per heavy atom. The van der Waals surface area contributed by atoms with Crippen LogP contribution < -0.4 is 10.1 Å². The third-order valence-corrected chi connectivity index (χ3v) is 5.16. The Balaban J connectivity index is 1.35. The van der Waals surface area contributed by atoms with Gasteiger partial charge in [-0.3, -0.25) is 5.32 Å². The molecule has 1 atom stereocenters. The number of carbonyl (C=O) groups excluding carboxylic acids is 2. The highest BCUT2D eigenvalue weighted by Gasteiger charge is 2.39. The highest BCUT2D eigenvalue weighted by Crippen LogP contribution is 2.32. The number of aromatic nitrogens is 1. The molecule has 1 aromatic carbocycles. The molecule has 0 unspecified atom stereocenters. The number of pyridine rings is 1. The minimum atomic E-state index is -0.748. The van der Waals surface area contributed by atoms with Gasteiger partial charge in [-0.25, -0.2) is 32.8 Å². The number of halogens is 3. The zero-order valence-corrected chi connectivity index (χ0v) is 19.3. The van der Waals surface area contributed by atoms with Gasteiger partial charge in [-0.15, -0.1) is 0 Å². The first kappa shape index (κ1) is 24.3. The minimum absolute atomic E-state index is 0.0412. The lowest BCUT2D eigenvalue weighted by Gasteiger charge is -2.41. The van der Waals surface area contributed by atoms with Gasteiger partial charge < -0.3 is 14.4 Å². The monoisotopic (exact) mass is 491 g/mol. The van der Waals surface area contributed by atoms with Crippen molar-refractivity contribution in [1.29, 1.82) is 0 Å². The number of anilines is 1. The fraction of sp³-hybridized carbons (Fsp3) is 0.391. The molecule has 4 rings (SSSR count). The number of rotatable bonds is 4. The van der Waals surface area contributed by atoms with Crippen molar-refractivity contribution < 1.29 is 32.2 Å². The van der Waals surface area contributed by atoms with E-state index < -0.39 is 47.3 Å². The van der Waals surface area contributed by atoms with Crippen LogP contribution in [0.3, 0.4) is 0 Å². The number of likely N-dealkylation sites (tertiary alicyclic amines) is 1. The molecule has 12 heteroatoms. The maximum absolute atomic E-state index is 14.2. The number of nitrogens with zero attached hydrogens (tertiary/aromatic N) is 4. The van der Waals surface area contributed by atoms with Crippen LogP contribution in [-0.2, 0) is 4.74 Å². The second kappa shape index (κ2) is 9.43. The van der Waals surface area contributed by atoms with Crippen molar-refractivity contribution in [3.05, 3.63) is 53.5 Å². The number of carbonyl (C=O) groups is 2. The van der Waals surface area contributed by atoms with E-state index in [0.717, 1.165) is 12.3 Å². The van der Waals surface area contributed by atoms with Crippen molar-refractivity contribution in [2.75, 3.05) is 18.4 Å². The molecule has 9 nitrogen and oxygen atoms in total. The molecule has 1 N–H and O–H groups in total. The van der Waals surface area contributed by atoms with Crippen LogP contribution in [0.4, 0.5) is 28.6 Å². The Morgan fingerprint density at radius 2 is 1.77 bits per heavy atom. The minimum Gasteiger partial charge on any atom is -0.483 e. The smallest absolute Gasteiger partial charge is 0.413 e.